The second kappa shape index (κ2) is 3.54. The van der Waals surface area contributed by atoms with Gasteiger partial charge in [0.25, 0.3) is 0 Å². The van der Waals surface area contributed by atoms with Crippen LogP contribution in [0.5, 0.6) is 5.75 Å². The summed E-state index contributed by atoms with van der Waals surface area (Å²) >= 11 is 0. The van der Waals surface area contributed by atoms with Gasteiger partial charge in [0.1, 0.15) is 11.4 Å². The van der Waals surface area contributed by atoms with Crippen LogP contribution in [-0.4, -0.2) is 18.4 Å². The number of hydrogen-bond acceptors (Lipinski definition) is 3. The molecule has 0 atom stereocenters. The van der Waals surface area contributed by atoms with E-state index in [1.54, 1.807) is 6.07 Å². The van der Waals surface area contributed by atoms with Crippen molar-refractivity contribution in [3.05, 3.63) is 23.5 Å². The van der Waals surface area contributed by atoms with Gasteiger partial charge in [-0.15, -0.1) is 6.42 Å². The Morgan fingerprint density at radius 2 is 2.50 bits per heavy atom. The van der Waals surface area contributed by atoms with Crippen LogP contribution in [0.4, 0.5) is 0 Å². The maximum atomic E-state index is 10.4. The van der Waals surface area contributed by atoms with Crippen LogP contribution in [0.15, 0.2) is 12.3 Å². The molecule has 1 heterocycles. The lowest BCUT2D eigenvalue weighted by Crippen LogP contribution is -1.93. The summed E-state index contributed by atoms with van der Waals surface area (Å²) < 4.78 is 4.91. The van der Waals surface area contributed by atoms with Crippen molar-refractivity contribution in [1.82, 2.24) is 4.98 Å². The Kier molecular flexibility index (Phi) is 2.44. The van der Waals surface area contributed by atoms with E-state index in [0.29, 0.717) is 23.3 Å². The van der Waals surface area contributed by atoms with Gasteiger partial charge in [-0.05, 0) is 0 Å². The highest BCUT2D eigenvalue weighted by atomic mass is 16.5. The SMILES string of the molecule is C#Cc1cc(OC)c(C=O)cn1. The molecule has 3 nitrogen and oxygen atoms in total. The van der Waals surface area contributed by atoms with Gasteiger partial charge in [-0.3, -0.25) is 4.79 Å². The zero-order chi connectivity index (χ0) is 8.97. The lowest BCUT2D eigenvalue weighted by atomic mass is 10.2. The quantitative estimate of drug-likeness (QED) is 0.477. The number of aromatic nitrogens is 1. The zero-order valence-electron chi connectivity index (χ0n) is 6.57. The van der Waals surface area contributed by atoms with Crippen molar-refractivity contribution < 1.29 is 9.53 Å². The van der Waals surface area contributed by atoms with Crippen molar-refractivity contribution in [3.63, 3.8) is 0 Å². The van der Waals surface area contributed by atoms with Gasteiger partial charge in [0.15, 0.2) is 6.29 Å². The molecule has 1 rings (SSSR count). The van der Waals surface area contributed by atoms with E-state index in [-0.39, 0.29) is 0 Å². The van der Waals surface area contributed by atoms with E-state index in [4.69, 9.17) is 11.2 Å². The highest BCUT2D eigenvalue weighted by Crippen LogP contribution is 2.15. The lowest BCUT2D eigenvalue weighted by Gasteiger charge is -2.01. The maximum Gasteiger partial charge on any atom is 0.155 e. The van der Waals surface area contributed by atoms with Crippen molar-refractivity contribution in [2.24, 2.45) is 0 Å². The van der Waals surface area contributed by atoms with Crippen LogP contribution in [0, 0.1) is 12.3 Å². The summed E-state index contributed by atoms with van der Waals surface area (Å²) in [6.07, 6.45) is 7.17. The molecule has 0 radical (unpaired) electrons. The zero-order valence-corrected chi connectivity index (χ0v) is 6.57. The third-order valence-electron chi connectivity index (χ3n) is 1.39. The number of aldehydes is 1. The topological polar surface area (TPSA) is 39.2 Å². The molecule has 0 fully saturated rings. The smallest absolute Gasteiger partial charge is 0.155 e. The minimum Gasteiger partial charge on any atom is -0.496 e. The first-order valence-corrected chi connectivity index (χ1v) is 3.27. The number of pyridine rings is 1. The van der Waals surface area contributed by atoms with E-state index < -0.39 is 0 Å². The Balaban J connectivity index is 3.21. The van der Waals surface area contributed by atoms with Crippen LogP contribution in [0.2, 0.25) is 0 Å². The Bertz CT molecular complexity index is 339. The van der Waals surface area contributed by atoms with Crippen LogP contribution in [0.1, 0.15) is 16.1 Å². The molecule has 0 aliphatic rings. The highest BCUT2D eigenvalue weighted by molar-refractivity contribution is 5.78. The largest absolute Gasteiger partial charge is 0.496 e. The predicted molar refractivity (Wildman–Crippen MR) is 44.1 cm³/mol. The summed E-state index contributed by atoms with van der Waals surface area (Å²) in [6.45, 7) is 0. The molecule has 0 spiro atoms. The van der Waals surface area contributed by atoms with E-state index in [1.165, 1.54) is 13.3 Å². The predicted octanol–water partition coefficient (Wildman–Crippen LogP) is 0.884. The molecule has 0 N–H and O–H groups in total. The number of carbonyl (C=O) groups excluding carboxylic acids is 1. The molecule has 0 aliphatic carbocycles. The number of terminal acetylenes is 1. The fourth-order valence-corrected chi connectivity index (χ4v) is 0.792. The molecule has 0 saturated carbocycles. The summed E-state index contributed by atoms with van der Waals surface area (Å²) in [7, 11) is 1.47. The lowest BCUT2D eigenvalue weighted by molar-refractivity contribution is 0.112. The molecular formula is C9H7NO2. The van der Waals surface area contributed by atoms with E-state index in [9.17, 15) is 4.79 Å². The molecule has 0 amide bonds. The van der Waals surface area contributed by atoms with Crippen LogP contribution in [-0.2, 0) is 0 Å². The third-order valence-corrected chi connectivity index (χ3v) is 1.39. The third kappa shape index (κ3) is 1.43. The standard InChI is InChI=1S/C9H7NO2/c1-3-8-4-9(12-2)7(6-11)5-10-8/h1,4-6H,2H3. The first-order valence-electron chi connectivity index (χ1n) is 3.27. The number of methoxy groups -OCH3 is 1. The monoisotopic (exact) mass is 161 g/mol. The Labute approximate surface area is 70.4 Å². The molecule has 12 heavy (non-hydrogen) atoms. The summed E-state index contributed by atoms with van der Waals surface area (Å²) in [5, 5.41) is 0. The number of nitrogens with zero attached hydrogens (tertiary/aromatic N) is 1. The average Bonchev–Trinajstić information content (AvgIpc) is 2.16. The Morgan fingerprint density at radius 3 is 3.00 bits per heavy atom. The molecule has 3 heteroatoms. The molecule has 60 valence electrons. The van der Waals surface area contributed by atoms with Gasteiger partial charge in [0.05, 0.1) is 12.7 Å². The molecule has 0 aromatic carbocycles. The van der Waals surface area contributed by atoms with E-state index in [0.717, 1.165) is 0 Å². The normalized spacial score (nSPS) is 8.67. The number of hydrogen-bond donors (Lipinski definition) is 0. The van der Waals surface area contributed by atoms with Crippen LogP contribution >= 0.6 is 0 Å². The molecule has 0 bridgehead atoms. The Morgan fingerprint density at radius 1 is 1.75 bits per heavy atom. The van der Waals surface area contributed by atoms with Gasteiger partial charge < -0.3 is 4.74 Å². The fraction of sp³-hybridized carbons (Fsp3) is 0.111. The number of ether oxygens (including phenoxy) is 1. The van der Waals surface area contributed by atoms with Gasteiger partial charge in [-0.25, -0.2) is 4.98 Å². The van der Waals surface area contributed by atoms with Crippen molar-refractivity contribution >= 4 is 6.29 Å². The van der Waals surface area contributed by atoms with Gasteiger partial charge >= 0.3 is 0 Å². The number of rotatable bonds is 2. The van der Waals surface area contributed by atoms with Crippen molar-refractivity contribution in [2.75, 3.05) is 7.11 Å². The van der Waals surface area contributed by atoms with Gasteiger partial charge in [-0.2, -0.15) is 0 Å². The minimum atomic E-state index is 0.400. The highest BCUT2D eigenvalue weighted by Gasteiger charge is 2.02. The van der Waals surface area contributed by atoms with Crippen LogP contribution in [0.3, 0.4) is 0 Å². The maximum absolute atomic E-state index is 10.4. The van der Waals surface area contributed by atoms with E-state index in [2.05, 4.69) is 10.9 Å². The number of carbonyl (C=O) groups is 1. The molecule has 1 aromatic rings. The van der Waals surface area contributed by atoms with E-state index in [1.807, 2.05) is 0 Å². The first kappa shape index (κ1) is 8.28. The van der Waals surface area contributed by atoms with Crippen molar-refractivity contribution in [2.45, 2.75) is 0 Å². The van der Waals surface area contributed by atoms with Gasteiger partial charge in [-0.1, -0.05) is 5.92 Å². The van der Waals surface area contributed by atoms with Gasteiger partial charge in [0.2, 0.25) is 0 Å². The molecular weight excluding hydrogens is 154 g/mol. The average molecular weight is 161 g/mol. The van der Waals surface area contributed by atoms with E-state index >= 15 is 0 Å². The van der Waals surface area contributed by atoms with Crippen molar-refractivity contribution in [3.8, 4) is 18.1 Å². The summed E-state index contributed by atoms with van der Waals surface area (Å²) in [5.74, 6) is 2.80. The minimum absolute atomic E-state index is 0.400. The first-order chi connectivity index (χ1) is 5.81. The molecule has 0 saturated heterocycles. The van der Waals surface area contributed by atoms with Gasteiger partial charge in [0, 0.05) is 12.3 Å². The Hall–Kier alpha value is -1.82. The molecule has 1 aromatic heterocycles. The van der Waals surface area contributed by atoms with Crippen molar-refractivity contribution in [1.29, 1.82) is 0 Å². The molecule has 0 unspecified atom stereocenters. The van der Waals surface area contributed by atoms with Crippen LogP contribution < -0.4 is 4.74 Å². The van der Waals surface area contributed by atoms with Crippen LogP contribution in [0.25, 0.3) is 0 Å². The summed E-state index contributed by atoms with van der Waals surface area (Å²) in [4.78, 5) is 14.2. The summed E-state index contributed by atoms with van der Waals surface area (Å²) in [5.41, 5.74) is 0.856. The second-order valence-corrected chi connectivity index (χ2v) is 2.07. The summed E-state index contributed by atoms with van der Waals surface area (Å²) in [6, 6.07) is 1.55. The molecule has 0 aliphatic heterocycles. The fourth-order valence-electron chi connectivity index (χ4n) is 0.792. The second-order valence-electron chi connectivity index (χ2n) is 2.07.